The fourth-order valence-corrected chi connectivity index (χ4v) is 1.67. The number of aliphatic hydroxyl groups excluding tert-OH is 1. The van der Waals surface area contributed by atoms with Crippen LogP contribution in [0.25, 0.3) is 0 Å². The lowest BCUT2D eigenvalue weighted by Gasteiger charge is -2.33. The molecule has 0 aliphatic heterocycles. The quantitative estimate of drug-likeness (QED) is 0.677. The van der Waals surface area contributed by atoms with Gasteiger partial charge in [-0.2, -0.15) is 0 Å². The molecule has 0 heterocycles. The van der Waals surface area contributed by atoms with E-state index in [1.54, 1.807) is 0 Å². The lowest BCUT2D eigenvalue weighted by atomic mass is 9.91. The van der Waals surface area contributed by atoms with Crippen LogP contribution in [0.5, 0.6) is 0 Å². The number of nitrogens with zero attached hydrogens (tertiary/aromatic N) is 1. The SMILES string of the molecule is O=C(O)N(CO)C1CCC(F)(F)CC1. The summed E-state index contributed by atoms with van der Waals surface area (Å²) in [5.74, 6) is -2.67. The maximum atomic E-state index is 12.7. The minimum atomic E-state index is -2.67. The topological polar surface area (TPSA) is 60.8 Å². The number of halogens is 2. The molecule has 1 saturated carbocycles. The molecule has 6 heteroatoms. The molecule has 0 aromatic heterocycles. The van der Waals surface area contributed by atoms with Crippen LogP contribution in [0.4, 0.5) is 13.6 Å². The van der Waals surface area contributed by atoms with Gasteiger partial charge in [0.2, 0.25) is 5.92 Å². The van der Waals surface area contributed by atoms with E-state index in [0.717, 1.165) is 4.90 Å². The summed E-state index contributed by atoms with van der Waals surface area (Å²) < 4.78 is 25.4. The number of carboxylic acid groups (broad SMARTS) is 1. The summed E-state index contributed by atoms with van der Waals surface area (Å²) in [5, 5.41) is 17.4. The number of hydrogen-bond acceptors (Lipinski definition) is 2. The summed E-state index contributed by atoms with van der Waals surface area (Å²) in [7, 11) is 0. The van der Waals surface area contributed by atoms with Gasteiger partial charge in [0.1, 0.15) is 6.73 Å². The van der Waals surface area contributed by atoms with E-state index < -0.39 is 24.8 Å². The Morgan fingerprint density at radius 2 is 1.93 bits per heavy atom. The van der Waals surface area contributed by atoms with E-state index in [1.807, 2.05) is 0 Å². The van der Waals surface area contributed by atoms with Crippen molar-refractivity contribution in [3.63, 3.8) is 0 Å². The third-order valence-corrected chi connectivity index (χ3v) is 2.53. The monoisotopic (exact) mass is 209 g/mol. The third-order valence-electron chi connectivity index (χ3n) is 2.53. The molecule has 0 bridgehead atoms. The van der Waals surface area contributed by atoms with Gasteiger partial charge in [0, 0.05) is 18.9 Å². The minimum absolute atomic E-state index is 0.111. The second-order valence-electron chi connectivity index (χ2n) is 3.48. The highest BCUT2D eigenvalue weighted by molar-refractivity contribution is 5.65. The second-order valence-corrected chi connectivity index (χ2v) is 3.48. The fraction of sp³-hybridized carbons (Fsp3) is 0.875. The van der Waals surface area contributed by atoms with Gasteiger partial charge in [0.15, 0.2) is 0 Å². The summed E-state index contributed by atoms with van der Waals surface area (Å²) in [6.07, 6.45) is -1.65. The molecular weight excluding hydrogens is 196 g/mol. The van der Waals surface area contributed by atoms with Gasteiger partial charge in [-0.1, -0.05) is 0 Å². The van der Waals surface area contributed by atoms with Gasteiger partial charge in [-0.05, 0) is 12.8 Å². The highest BCUT2D eigenvalue weighted by Gasteiger charge is 2.37. The molecule has 0 aromatic rings. The molecule has 0 radical (unpaired) electrons. The van der Waals surface area contributed by atoms with Crippen molar-refractivity contribution in [1.29, 1.82) is 0 Å². The van der Waals surface area contributed by atoms with Gasteiger partial charge in [-0.3, -0.25) is 4.90 Å². The molecule has 4 nitrogen and oxygen atoms in total. The Bertz CT molecular complexity index is 213. The normalized spacial score (nSPS) is 21.9. The van der Waals surface area contributed by atoms with Crippen molar-refractivity contribution in [3.05, 3.63) is 0 Å². The lowest BCUT2D eigenvalue weighted by molar-refractivity contribution is -0.0587. The zero-order valence-corrected chi connectivity index (χ0v) is 7.62. The van der Waals surface area contributed by atoms with Gasteiger partial charge < -0.3 is 10.2 Å². The van der Waals surface area contributed by atoms with Crippen LogP contribution in [0.3, 0.4) is 0 Å². The van der Waals surface area contributed by atoms with Crippen molar-refractivity contribution >= 4 is 6.09 Å². The number of alkyl halides is 2. The van der Waals surface area contributed by atoms with Gasteiger partial charge in [-0.25, -0.2) is 13.6 Å². The predicted octanol–water partition coefficient (Wildman–Crippen LogP) is 1.49. The summed E-state index contributed by atoms with van der Waals surface area (Å²) >= 11 is 0. The first-order chi connectivity index (χ1) is 6.46. The molecular formula is C8H13F2NO3. The van der Waals surface area contributed by atoms with E-state index in [2.05, 4.69) is 0 Å². The molecule has 1 rings (SSSR count). The molecule has 1 aliphatic rings. The minimum Gasteiger partial charge on any atom is -0.465 e. The highest BCUT2D eigenvalue weighted by atomic mass is 19.3. The molecule has 14 heavy (non-hydrogen) atoms. The Morgan fingerprint density at radius 1 is 1.43 bits per heavy atom. The van der Waals surface area contributed by atoms with Crippen LogP contribution in [0.15, 0.2) is 0 Å². The van der Waals surface area contributed by atoms with Gasteiger partial charge in [-0.15, -0.1) is 0 Å². The van der Waals surface area contributed by atoms with Gasteiger partial charge in [0.25, 0.3) is 0 Å². The maximum Gasteiger partial charge on any atom is 0.409 e. The number of aliphatic hydroxyl groups is 1. The molecule has 0 atom stereocenters. The average Bonchev–Trinajstić information content (AvgIpc) is 2.08. The van der Waals surface area contributed by atoms with Crippen LogP contribution < -0.4 is 0 Å². The van der Waals surface area contributed by atoms with Gasteiger partial charge >= 0.3 is 6.09 Å². The van der Waals surface area contributed by atoms with Crippen LogP contribution in [0, 0.1) is 0 Å². The van der Waals surface area contributed by atoms with E-state index >= 15 is 0 Å². The van der Waals surface area contributed by atoms with E-state index in [1.165, 1.54) is 0 Å². The Labute approximate surface area is 80.1 Å². The summed E-state index contributed by atoms with van der Waals surface area (Å²) in [6.45, 7) is -0.633. The summed E-state index contributed by atoms with van der Waals surface area (Å²) in [6, 6.07) is -0.475. The number of amides is 1. The van der Waals surface area contributed by atoms with Gasteiger partial charge in [0.05, 0.1) is 0 Å². The Balaban J connectivity index is 2.51. The second kappa shape index (κ2) is 4.08. The first-order valence-corrected chi connectivity index (χ1v) is 4.44. The van der Waals surface area contributed by atoms with Crippen molar-refractivity contribution < 1.29 is 23.8 Å². The van der Waals surface area contributed by atoms with Crippen molar-refractivity contribution in [2.24, 2.45) is 0 Å². The van der Waals surface area contributed by atoms with Crippen LogP contribution in [-0.2, 0) is 0 Å². The summed E-state index contributed by atoms with van der Waals surface area (Å²) in [4.78, 5) is 11.4. The predicted molar refractivity (Wildman–Crippen MR) is 44.2 cm³/mol. The smallest absolute Gasteiger partial charge is 0.409 e. The molecule has 0 spiro atoms. The molecule has 0 saturated heterocycles. The van der Waals surface area contributed by atoms with Crippen LogP contribution >= 0.6 is 0 Å². The molecule has 1 amide bonds. The highest BCUT2D eigenvalue weighted by Crippen LogP contribution is 2.34. The van der Waals surface area contributed by atoms with Crippen molar-refractivity contribution in [2.75, 3.05) is 6.73 Å². The Kier molecular flexibility index (Phi) is 3.25. The number of hydrogen-bond donors (Lipinski definition) is 2. The zero-order chi connectivity index (χ0) is 10.8. The maximum absolute atomic E-state index is 12.7. The Morgan fingerprint density at radius 3 is 2.29 bits per heavy atom. The molecule has 1 fully saturated rings. The van der Waals surface area contributed by atoms with Crippen molar-refractivity contribution in [3.8, 4) is 0 Å². The van der Waals surface area contributed by atoms with Crippen LogP contribution in [0.2, 0.25) is 0 Å². The molecule has 2 N–H and O–H groups in total. The molecule has 0 unspecified atom stereocenters. The van der Waals surface area contributed by atoms with E-state index in [-0.39, 0.29) is 25.7 Å². The molecule has 0 aromatic carbocycles. The van der Waals surface area contributed by atoms with E-state index in [9.17, 15) is 13.6 Å². The largest absolute Gasteiger partial charge is 0.465 e. The van der Waals surface area contributed by atoms with Crippen molar-refractivity contribution in [1.82, 2.24) is 4.90 Å². The standard InChI is InChI=1S/C8H13F2NO3/c9-8(10)3-1-6(2-4-8)11(5-12)7(13)14/h6,12H,1-5H2,(H,13,14). The third kappa shape index (κ3) is 2.54. The van der Waals surface area contributed by atoms with E-state index in [4.69, 9.17) is 10.2 Å². The molecule has 1 aliphatic carbocycles. The zero-order valence-electron chi connectivity index (χ0n) is 7.62. The fourth-order valence-electron chi connectivity index (χ4n) is 1.67. The first-order valence-electron chi connectivity index (χ1n) is 4.44. The van der Waals surface area contributed by atoms with E-state index in [0.29, 0.717) is 0 Å². The number of rotatable bonds is 2. The number of carbonyl (C=O) groups is 1. The van der Waals surface area contributed by atoms with Crippen LogP contribution in [-0.4, -0.2) is 39.9 Å². The Hall–Kier alpha value is -0.910. The average molecular weight is 209 g/mol. The lowest BCUT2D eigenvalue weighted by Crippen LogP contribution is -2.44. The van der Waals surface area contributed by atoms with Crippen molar-refractivity contribution in [2.45, 2.75) is 37.6 Å². The molecule has 82 valence electrons. The first kappa shape index (κ1) is 11.2. The summed E-state index contributed by atoms with van der Waals surface area (Å²) in [5.41, 5.74) is 0. The van der Waals surface area contributed by atoms with Crippen LogP contribution in [0.1, 0.15) is 25.7 Å².